The number of hydrogen-bond acceptors (Lipinski definition) is 10. The molecule has 0 bridgehead atoms. The first-order valence-electron chi connectivity index (χ1n) is 9.92. The average molecular weight is 541 g/mol. The van der Waals surface area contributed by atoms with Gasteiger partial charge in [0.15, 0.2) is 6.10 Å². The van der Waals surface area contributed by atoms with E-state index >= 15 is 0 Å². The van der Waals surface area contributed by atoms with Gasteiger partial charge in [0.05, 0.1) is 0 Å². The summed E-state index contributed by atoms with van der Waals surface area (Å²) < 4.78 is 1.07. The number of carboxylic acids is 2. The van der Waals surface area contributed by atoms with Crippen LogP contribution in [0.1, 0.15) is 11.7 Å². The van der Waals surface area contributed by atoms with Gasteiger partial charge in [0.2, 0.25) is 5.16 Å². The molecule has 35 heavy (non-hydrogen) atoms. The van der Waals surface area contributed by atoms with E-state index in [0.29, 0.717) is 5.57 Å². The van der Waals surface area contributed by atoms with E-state index in [1.807, 2.05) is 0 Å². The third-order valence-corrected chi connectivity index (χ3v) is 7.88. The topological polar surface area (TPSA) is 188 Å². The van der Waals surface area contributed by atoms with Gasteiger partial charge in [-0.1, -0.05) is 41.6 Å². The summed E-state index contributed by atoms with van der Waals surface area (Å²) in [5, 5.41) is 42.0. The summed E-state index contributed by atoms with van der Waals surface area (Å²) in [6, 6.07) is 5.23. The number of β-lactam (4-membered cyclic amide) rings is 1. The number of aliphatic hydroxyl groups excluding tert-OH is 1. The summed E-state index contributed by atoms with van der Waals surface area (Å²) in [6.07, 6.45) is -1.60. The molecule has 2 amide bonds. The van der Waals surface area contributed by atoms with Crippen molar-refractivity contribution in [3.05, 3.63) is 46.1 Å². The minimum absolute atomic E-state index is 0.105. The molecular weight excluding hydrogens is 524 g/mol. The zero-order valence-electron chi connectivity index (χ0n) is 17.6. The second-order valence-electron chi connectivity index (χ2n) is 7.38. The molecule has 1 aromatic carbocycles. The molecule has 2 aliphatic rings. The van der Waals surface area contributed by atoms with Crippen LogP contribution >= 0.6 is 35.1 Å². The van der Waals surface area contributed by atoms with Gasteiger partial charge in [-0.3, -0.25) is 19.3 Å². The Bertz CT molecular complexity index is 1240. The highest BCUT2D eigenvalue weighted by Crippen LogP contribution is 2.41. The Morgan fingerprint density at radius 1 is 1.29 bits per heavy atom. The maximum atomic E-state index is 12.8. The first-order valence-corrected chi connectivity index (χ1v) is 12.3. The van der Waals surface area contributed by atoms with E-state index in [2.05, 4.69) is 20.8 Å². The van der Waals surface area contributed by atoms with Gasteiger partial charge in [-0.15, -0.1) is 16.9 Å². The largest absolute Gasteiger partial charge is 0.480 e. The summed E-state index contributed by atoms with van der Waals surface area (Å²) in [6.45, 7) is -0.455. The van der Waals surface area contributed by atoms with E-state index in [-0.39, 0.29) is 32.9 Å². The number of carbonyl (C=O) groups excluding carboxylic acids is 2. The van der Waals surface area contributed by atoms with Crippen molar-refractivity contribution in [1.82, 2.24) is 30.4 Å². The lowest BCUT2D eigenvalue weighted by molar-refractivity contribution is -0.151. The molecule has 2 aliphatic heterocycles. The molecule has 1 unspecified atom stereocenters. The minimum Gasteiger partial charge on any atom is -0.480 e. The number of aliphatic hydroxyl groups is 1. The van der Waals surface area contributed by atoms with Crippen LogP contribution in [0.5, 0.6) is 0 Å². The highest BCUT2D eigenvalue weighted by molar-refractivity contribution is 8.01. The summed E-state index contributed by atoms with van der Waals surface area (Å²) in [5.41, 5.74) is 0.394. The number of carbonyl (C=O) groups is 4. The molecular formula is C19H17ClN6O7S2. The van der Waals surface area contributed by atoms with E-state index in [1.165, 1.54) is 23.9 Å². The molecule has 0 saturated carbocycles. The number of hydrogen-bond donors (Lipinski definition) is 4. The predicted molar refractivity (Wildman–Crippen MR) is 122 cm³/mol. The third kappa shape index (κ3) is 4.98. The Hall–Kier alpha value is -3.14. The number of aliphatic carboxylic acids is 2. The number of halogens is 1. The lowest BCUT2D eigenvalue weighted by Crippen LogP contribution is -2.70. The Labute approximate surface area is 210 Å². The molecule has 4 N–H and O–H groups in total. The molecule has 1 fully saturated rings. The molecule has 1 aromatic heterocycles. The van der Waals surface area contributed by atoms with Crippen LogP contribution in [-0.4, -0.2) is 87.1 Å². The summed E-state index contributed by atoms with van der Waals surface area (Å²) >= 11 is 8.32. The first kappa shape index (κ1) is 25.0. The van der Waals surface area contributed by atoms with Gasteiger partial charge in [-0.05, 0) is 22.1 Å². The van der Waals surface area contributed by atoms with Crippen LogP contribution in [0, 0.1) is 0 Å². The number of rotatable bonds is 9. The number of nitrogens with one attached hydrogen (secondary N) is 1. The highest BCUT2D eigenvalue weighted by atomic mass is 35.5. The summed E-state index contributed by atoms with van der Waals surface area (Å²) in [5.74, 6) is -3.57. The van der Waals surface area contributed by atoms with Crippen LogP contribution in [0.25, 0.3) is 0 Å². The van der Waals surface area contributed by atoms with Crippen LogP contribution in [0.15, 0.2) is 40.7 Å². The molecule has 1 saturated heterocycles. The van der Waals surface area contributed by atoms with E-state index < -0.39 is 47.8 Å². The lowest BCUT2D eigenvalue weighted by atomic mass is 10.0. The van der Waals surface area contributed by atoms with Gasteiger partial charge in [-0.25, -0.2) is 9.48 Å². The number of amides is 2. The van der Waals surface area contributed by atoms with Crippen molar-refractivity contribution in [2.45, 2.75) is 29.2 Å². The van der Waals surface area contributed by atoms with Crippen molar-refractivity contribution in [3.8, 4) is 0 Å². The molecule has 13 nitrogen and oxygen atoms in total. The number of thioether (sulfide) groups is 2. The quantitative estimate of drug-likeness (QED) is 0.246. The molecule has 184 valence electrons. The van der Waals surface area contributed by atoms with Gasteiger partial charge in [0.1, 0.15) is 23.7 Å². The molecule has 0 aliphatic carbocycles. The van der Waals surface area contributed by atoms with Crippen molar-refractivity contribution < 1.29 is 34.5 Å². The second kappa shape index (κ2) is 10.2. The number of aromatic nitrogens is 4. The van der Waals surface area contributed by atoms with Crippen molar-refractivity contribution in [1.29, 1.82) is 0 Å². The fourth-order valence-electron chi connectivity index (χ4n) is 3.54. The minimum atomic E-state index is -1.60. The maximum Gasteiger partial charge on any atom is 0.352 e. The molecule has 3 heterocycles. The van der Waals surface area contributed by atoms with Crippen LogP contribution < -0.4 is 5.32 Å². The standard InChI is InChI=1S/C19H17ClN6O7S2/c20-10-4-2-1-3-9(10)14(29)15(30)21-12-16(31)26-13(18(32)33)8(6-34-17(12)26)7-35-19-22-23-24-25(19)5-11(27)28/h1-4,12,14,17,29H,5-7H2,(H,21,30)(H,27,28)(H,32,33)/t12?,14-,17-/m1/s1. The Morgan fingerprint density at radius 3 is 2.71 bits per heavy atom. The lowest BCUT2D eigenvalue weighted by Gasteiger charge is -2.49. The Morgan fingerprint density at radius 2 is 2.03 bits per heavy atom. The van der Waals surface area contributed by atoms with Crippen molar-refractivity contribution in [3.63, 3.8) is 0 Å². The average Bonchev–Trinajstić information content (AvgIpc) is 3.26. The fourth-order valence-corrected chi connectivity index (χ4v) is 6.14. The van der Waals surface area contributed by atoms with Gasteiger partial charge in [-0.2, -0.15) is 0 Å². The summed E-state index contributed by atoms with van der Waals surface area (Å²) in [7, 11) is 0. The molecule has 4 rings (SSSR count). The SMILES string of the molecule is O=C(O)Cn1nnnc1SCC1=C(C(=O)O)N2C(=O)C(NC(=O)[C@H](O)c3ccccc3Cl)[C@H]2SC1. The number of nitrogens with zero attached hydrogens (tertiary/aromatic N) is 5. The van der Waals surface area contributed by atoms with Crippen molar-refractivity contribution in [2.75, 3.05) is 11.5 Å². The number of tetrazole rings is 1. The van der Waals surface area contributed by atoms with Crippen molar-refractivity contribution >= 4 is 58.9 Å². The van der Waals surface area contributed by atoms with Crippen molar-refractivity contribution in [2.24, 2.45) is 0 Å². The van der Waals surface area contributed by atoms with E-state index in [0.717, 1.165) is 21.3 Å². The first-order chi connectivity index (χ1) is 16.7. The Kier molecular flexibility index (Phi) is 7.30. The van der Waals surface area contributed by atoms with Gasteiger partial charge >= 0.3 is 11.9 Å². The molecule has 0 spiro atoms. The molecule has 0 radical (unpaired) electrons. The molecule has 3 atom stereocenters. The number of benzene rings is 1. The fraction of sp³-hybridized carbons (Fsp3) is 0.316. The van der Waals surface area contributed by atoms with Crippen LogP contribution in [0.2, 0.25) is 5.02 Å². The predicted octanol–water partition coefficient (Wildman–Crippen LogP) is -0.0246. The second-order valence-corrected chi connectivity index (χ2v) is 9.83. The van der Waals surface area contributed by atoms with Crippen LogP contribution in [0.4, 0.5) is 0 Å². The van der Waals surface area contributed by atoms with Crippen LogP contribution in [0.3, 0.4) is 0 Å². The van der Waals surface area contributed by atoms with E-state index in [9.17, 15) is 29.4 Å². The summed E-state index contributed by atoms with van der Waals surface area (Å²) in [4.78, 5) is 49.4. The number of carboxylic acid groups (broad SMARTS) is 2. The molecule has 2 aromatic rings. The Balaban J connectivity index is 1.46. The van der Waals surface area contributed by atoms with E-state index in [4.69, 9.17) is 16.7 Å². The maximum absolute atomic E-state index is 12.8. The zero-order valence-corrected chi connectivity index (χ0v) is 20.0. The van der Waals surface area contributed by atoms with Gasteiger partial charge in [0, 0.05) is 22.1 Å². The van der Waals surface area contributed by atoms with E-state index in [1.54, 1.807) is 12.1 Å². The highest BCUT2D eigenvalue weighted by Gasteiger charge is 2.54. The number of fused-ring (bicyclic) bond motifs is 1. The monoisotopic (exact) mass is 540 g/mol. The smallest absolute Gasteiger partial charge is 0.352 e. The van der Waals surface area contributed by atoms with Crippen LogP contribution in [-0.2, 0) is 25.7 Å². The van der Waals surface area contributed by atoms with Gasteiger partial charge in [0.25, 0.3) is 11.8 Å². The zero-order chi connectivity index (χ0) is 25.3. The molecule has 16 heteroatoms. The normalized spacial score (nSPS) is 20.2. The third-order valence-electron chi connectivity index (χ3n) is 5.16. The van der Waals surface area contributed by atoms with Gasteiger partial charge < -0.3 is 20.6 Å².